The van der Waals surface area contributed by atoms with Gasteiger partial charge in [0.25, 0.3) is 0 Å². The first-order valence-electron chi connectivity index (χ1n) is 6.42. The van der Waals surface area contributed by atoms with Crippen molar-refractivity contribution in [2.75, 3.05) is 12.4 Å². The Morgan fingerprint density at radius 1 is 1.10 bits per heavy atom. The van der Waals surface area contributed by atoms with E-state index in [0.717, 1.165) is 10.9 Å². The molecule has 1 aromatic heterocycles. The molecule has 0 aliphatic rings. The molecule has 5 heteroatoms. The molecule has 0 fully saturated rings. The molecular formula is C16H12N4O. The van der Waals surface area contributed by atoms with Gasteiger partial charge < -0.3 is 10.1 Å². The standard InChI is InChI=1S/C16H12N4O/c1-18-16-19-14-8-3-2-7-13(14)15(20-16)21-12-6-4-5-11(9-12)10-17/h2-9H,1H3,(H,18,19,20). The molecule has 3 aromatic rings. The lowest BCUT2D eigenvalue weighted by molar-refractivity contribution is 0.469. The van der Waals surface area contributed by atoms with Crippen LogP contribution in [0.5, 0.6) is 11.6 Å². The van der Waals surface area contributed by atoms with Gasteiger partial charge in [-0.05, 0) is 30.3 Å². The van der Waals surface area contributed by atoms with Crippen LogP contribution in [0.1, 0.15) is 5.56 Å². The highest BCUT2D eigenvalue weighted by atomic mass is 16.5. The first-order chi connectivity index (χ1) is 10.3. The number of benzene rings is 2. The van der Waals surface area contributed by atoms with Crippen LogP contribution >= 0.6 is 0 Å². The molecule has 0 amide bonds. The summed E-state index contributed by atoms with van der Waals surface area (Å²) in [7, 11) is 1.75. The Morgan fingerprint density at radius 3 is 2.76 bits per heavy atom. The molecule has 0 atom stereocenters. The second-order valence-corrected chi connectivity index (χ2v) is 4.36. The summed E-state index contributed by atoms with van der Waals surface area (Å²) in [5.74, 6) is 1.51. The van der Waals surface area contributed by atoms with Gasteiger partial charge in [-0.15, -0.1) is 0 Å². The van der Waals surface area contributed by atoms with Gasteiger partial charge in [-0.25, -0.2) is 4.98 Å². The minimum atomic E-state index is 0.458. The maximum absolute atomic E-state index is 8.94. The molecule has 0 unspecified atom stereocenters. The monoisotopic (exact) mass is 276 g/mol. The average Bonchev–Trinajstić information content (AvgIpc) is 2.55. The number of nitrogens with one attached hydrogen (secondary N) is 1. The van der Waals surface area contributed by atoms with Crippen LogP contribution < -0.4 is 10.1 Å². The Labute approximate surface area is 121 Å². The van der Waals surface area contributed by atoms with Gasteiger partial charge in [-0.1, -0.05) is 18.2 Å². The minimum Gasteiger partial charge on any atom is -0.438 e. The smallest absolute Gasteiger partial charge is 0.231 e. The van der Waals surface area contributed by atoms with Crippen LogP contribution in [-0.4, -0.2) is 17.0 Å². The van der Waals surface area contributed by atoms with Crippen molar-refractivity contribution in [3.63, 3.8) is 0 Å². The number of ether oxygens (including phenoxy) is 1. The van der Waals surface area contributed by atoms with Crippen molar-refractivity contribution >= 4 is 16.9 Å². The second-order valence-electron chi connectivity index (χ2n) is 4.36. The first-order valence-corrected chi connectivity index (χ1v) is 6.42. The van der Waals surface area contributed by atoms with Gasteiger partial charge in [-0.3, -0.25) is 0 Å². The van der Waals surface area contributed by atoms with E-state index in [9.17, 15) is 0 Å². The van der Waals surface area contributed by atoms with E-state index in [4.69, 9.17) is 10.00 Å². The van der Waals surface area contributed by atoms with Gasteiger partial charge in [0, 0.05) is 7.05 Å². The van der Waals surface area contributed by atoms with Crippen molar-refractivity contribution in [1.29, 1.82) is 5.26 Å². The third kappa shape index (κ3) is 2.60. The predicted molar refractivity (Wildman–Crippen MR) is 80.3 cm³/mol. The van der Waals surface area contributed by atoms with Crippen LogP contribution in [0.3, 0.4) is 0 Å². The van der Waals surface area contributed by atoms with E-state index in [0.29, 0.717) is 23.1 Å². The molecule has 0 saturated carbocycles. The van der Waals surface area contributed by atoms with Crippen molar-refractivity contribution in [3.05, 3.63) is 54.1 Å². The number of anilines is 1. The third-order valence-electron chi connectivity index (χ3n) is 2.97. The maximum Gasteiger partial charge on any atom is 0.231 e. The summed E-state index contributed by atoms with van der Waals surface area (Å²) < 4.78 is 5.83. The van der Waals surface area contributed by atoms with Crippen molar-refractivity contribution in [2.45, 2.75) is 0 Å². The normalized spacial score (nSPS) is 10.1. The lowest BCUT2D eigenvalue weighted by Gasteiger charge is -2.09. The minimum absolute atomic E-state index is 0.458. The molecule has 2 aromatic carbocycles. The number of hydrogen-bond donors (Lipinski definition) is 1. The van der Waals surface area contributed by atoms with Gasteiger partial charge >= 0.3 is 0 Å². The Hall–Kier alpha value is -3.13. The number of hydrogen-bond acceptors (Lipinski definition) is 5. The lowest BCUT2D eigenvalue weighted by Crippen LogP contribution is -1.99. The fourth-order valence-electron chi connectivity index (χ4n) is 1.98. The average molecular weight is 276 g/mol. The molecule has 1 N–H and O–H groups in total. The van der Waals surface area contributed by atoms with Crippen molar-refractivity contribution in [1.82, 2.24) is 9.97 Å². The highest BCUT2D eigenvalue weighted by Crippen LogP contribution is 2.28. The molecule has 0 bridgehead atoms. The highest BCUT2D eigenvalue weighted by Gasteiger charge is 2.09. The van der Waals surface area contributed by atoms with E-state index in [1.165, 1.54) is 0 Å². The van der Waals surface area contributed by atoms with Crippen molar-refractivity contribution < 1.29 is 4.74 Å². The third-order valence-corrected chi connectivity index (χ3v) is 2.97. The van der Waals surface area contributed by atoms with E-state index in [1.807, 2.05) is 24.3 Å². The molecular weight excluding hydrogens is 264 g/mol. The van der Waals surface area contributed by atoms with Crippen LogP contribution in [0, 0.1) is 11.3 Å². The number of nitriles is 1. The number of aromatic nitrogens is 2. The summed E-state index contributed by atoms with van der Waals surface area (Å²) >= 11 is 0. The zero-order valence-electron chi connectivity index (χ0n) is 11.4. The zero-order chi connectivity index (χ0) is 14.7. The molecule has 0 spiro atoms. The summed E-state index contributed by atoms with van der Waals surface area (Å²) in [5.41, 5.74) is 1.34. The van der Waals surface area contributed by atoms with Crippen LogP contribution in [0.15, 0.2) is 48.5 Å². The molecule has 5 nitrogen and oxygen atoms in total. The van der Waals surface area contributed by atoms with E-state index >= 15 is 0 Å². The molecule has 3 rings (SSSR count). The predicted octanol–water partition coefficient (Wildman–Crippen LogP) is 3.34. The second kappa shape index (κ2) is 5.47. The van der Waals surface area contributed by atoms with Crippen LogP contribution in [-0.2, 0) is 0 Å². The van der Waals surface area contributed by atoms with Crippen LogP contribution in [0.2, 0.25) is 0 Å². The summed E-state index contributed by atoms with van der Waals surface area (Å²) in [6.45, 7) is 0. The molecule has 0 radical (unpaired) electrons. The molecule has 1 heterocycles. The molecule has 102 valence electrons. The number of rotatable bonds is 3. The molecule has 21 heavy (non-hydrogen) atoms. The molecule has 0 aliphatic heterocycles. The first kappa shape index (κ1) is 12.9. The number of fused-ring (bicyclic) bond motifs is 1. The fourth-order valence-corrected chi connectivity index (χ4v) is 1.98. The van der Waals surface area contributed by atoms with Crippen LogP contribution in [0.25, 0.3) is 10.9 Å². The maximum atomic E-state index is 8.94. The quantitative estimate of drug-likeness (QED) is 0.794. The zero-order valence-corrected chi connectivity index (χ0v) is 11.4. The van der Waals surface area contributed by atoms with E-state index in [2.05, 4.69) is 21.4 Å². The van der Waals surface area contributed by atoms with Gasteiger partial charge in [-0.2, -0.15) is 10.2 Å². The summed E-state index contributed by atoms with van der Waals surface area (Å²) in [6, 6.07) is 16.7. The SMILES string of the molecule is CNc1nc(Oc2cccc(C#N)c2)c2ccccc2n1. The largest absolute Gasteiger partial charge is 0.438 e. The highest BCUT2D eigenvalue weighted by molar-refractivity contribution is 5.84. The van der Waals surface area contributed by atoms with E-state index in [-0.39, 0.29) is 0 Å². The molecule has 0 aliphatic carbocycles. The van der Waals surface area contributed by atoms with Gasteiger partial charge in [0.05, 0.1) is 22.5 Å². The van der Waals surface area contributed by atoms with Crippen molar-refractivity contribution in [2.24, 2.45) is 0 Å². The van der Waals surface area contributed by atoms with E-state index < -0.39 is 0 Å². The topological polar surface area (TPSA) is 70.8 Å². The Bertz CT molecular complexity index is 839. The summed E-state index contributed by atoms with van der Waals surface area (Å²) in [6.07, 6.45) is 0. The number of nitrogens with zero attached hydrogens (tertiary/aromatic N) is 3. The molecule has 0 saturated heterocycles. The number of para-hydroxylation sites is 1. The fraction of sp³-hybridized carbons (Fsp3) is 0.0625. The van der Waals surface area contributed by atoms with Crippen molar-refractivity contribution in [3.8, 4) is 17.7 Å². The van der Waals surface area contributed by atoms with E-state index in [1.54, 1.807) is 31.3 Å². The Morgan fingerprint density at radius 2 is 1.95 bits per heavy atom. The van der Waals surface area contributed by atoms with Gasteiger partial charge in [0.2, 0.25) is 11.8 Å². The van der Waals surface area contributed by atoms with Crippen LogP contribution in [0.4, 0.5) is 5.95 Å². The lowest BCUT2D eigenvalue weighted by atomic mass is 10.2. The van der Waals surface area contributed by atoms with Gasteiger partial charge in [0.1, 0.15) is 5.75 Å². The Balaban J connectivity index is 2.08. The Kier molecular flexibility index (Phi) is 3.36. The van der Waals surface area contributed by atoms with Gasteiger partial charge in [0.15, 0.2) is 0 Å². The summed E-state index contributed by atoms with van der Waals surface area (Å²) in [5, 5.41) is 12.7. The summed E-state index contributed by atoms with van der Waals surface area (Å²) in [4.78, 5) is 8.72.